The van der Waals surface area contributed by atoms with E-state index in [1.54, 1.807) is 35.8 Å². The summed E-state index contributed by atoms with van der Waals surface area (Å²) in [7, 11) is 0. The number of amides is 2. The summed E-state index contributed by atoms with van der Waals surface area (Å²) in [6, 6.07) is 13.3. The lowest BCUT2D eigenvalue weighted by Gasteiger charge is -2.28. The van der Waals surface area contributed by atoms with Crippen LogP contribution in [0.5, 0.6) is 0 Å². The van der Waals surface area contributed by atoms with Gasteiger partial charge in [-0.3, -0.25) is 19.8 Å². The third kappa shape index (κ3) is 3.66. The minimum absolute atomic E-state index is 0.0874. The maximum absolute atomic E-state index is 14.3. The molecule has 0 saturated carbocycles. The molecule has 1 aliphatic heterocycles. The van der Waals surface area contributed by atoms with Crippen molar-refractivity contribution in [1.82, 2.24) is 9.88 Å². The Morgan fingerprint density at radius 3 is 2.35 bits per heavy atom. The smallest absolute Gasteiger partial charge is 0.270 e. The summed E-state index contributed by atoms with van der Waals surface area (Å²) >= 11 is 5.15. The Kier molecular flexibility index (Phi) is 5.24. The van der Waals surface area contributed by atoms with Crippen LogP contribution in [-0.4, -0.2) is 21.5 Å². The van der Waals surface area contributed by atoms with Crippen molar-refractivity contribution in [2.24, 2.45) is 0 Å². The quantitative estimate of drug-likeness (QED) is 0.380. The van der Waals surface area contributed by atoms with Gasteiger partial charge in [-0.1, -0.05) is 12.1 Å². The van der Waals surface area contributed by atoms with Gasteiger partial charge in [0.1, 0.15) is 17.2 Å². The van der Waals surface area contributed by atoms with Gasteiger partial charge in [-0.25, -0.2) is 8.78 Å². The molecule has 1 fully saturated rings. The molecule has 3 aromatic rings. The predicted octanol–water partition coefficient (Wildman–Crippen LogP) is 4.20. The van der Waals surface area contributed by atoms with Crippen LogP contribution in [-0.2, 0) is 9.59 Å². The maximum Gasteiger partial charge on any atom is 0.270 e. The van der Waals surface area contributed by atoms with Gasteiger partial charge in [0.2, 0.25) is 0 Å². The highest BCUT2D eigenvalue weighted by Gasteiger charge is 2.34. The molecule has 31 heavy (non-hydrogen) atoms. The molecule has 2 aromatic carbocycles. The van der Waals surface area contributed by atoms with E-state index >= 15 is 0 Å². The van der Waals surface area contributed by atoms with Crippen LogP contribution in [0.25, 0.3) is 11.8 Å². The summed E-state index contributed by atoms with van der Waals surface area (Å²) in [5, 5.41) is 2.41. The van der Waals surface area contributed by atoms with Gasteiger partial charge in [-0.15, -0.1) is 0 Å². The van der Waals surface area contributed by atoms with Crippen LogP contribution in [0.2, 0.25) is 0 Å². The van der Waals surface area contributed by atoms with Crippen molar-refractivity contribution in [1.29, 1.82) is 0 Å². The number of halogens is 2. The summed E-state index contributed by atoms with van der Waals surface area (Å²) in [5.41, 5.74) is 2.56. The molecule has 1 aliphatic rings. The molecule has 0 unspecified atom stereocenters. The van der Waals surface area contributed by atoms with Gasteiger partial charge >= 0.3 is 0 Å². The van der Waals surface area contributed by atoms with Crippen molar-refractivity contribution >= 4 is 40.9 Å². The molecule has 1 saturated heterocycles. The van der Waals surface area contributed by atoms with Crippen molar-refractivity contribution in [2.45, 2.75) is 13.8 Å². The third-order valence-electron chi connectivity index (χ3n) is 5.05. The molecule has 1 N–H and O–H groups in total. The topological polar surface area (TPSA) is 54.3 Å². The van der Waals surface area contributed by atoms with Crippen LogP contribution in [0.1, 0.15) is 17.0 Å². The standard InChI is InChI=1S/C23H17F2N3O2S/c1-13-11-15(14(2)27(13)20-6-4-3-5-19(20)25)12-18-21(29)26-23(31)28(22(18)30)17-9-7-16(24)8-10-17/h3-12H,1-2H3,(H,26,29,31)/b18-12-. The summed E-state index contributed by atoms with van der Waals surface area (Å²) in [6.45, 7) is 3.59. The van der Waals surface area contributed by atoms with E-state index in [0.29, 0.717) is 22.6 Å². The first-order valence-corrected chi connectivity index (χ1v) is 9.79. The lowest BCUT2D eigenvalue weighted by atomic mass is 10.1. The van der Waals surface area contributed by atoms with E-state index in [0.717, 1.165) is 10.6 Å². The number of carbonyl (C=O) groups is 2. The Labute approximate surface area is 182 Å². The van der Waals surface area contributed by atoms with Crippen molar-refractivity contribution in [3.63, 3.8) is 0 Å². The molecule has 5 nitrogen and oxygen atoms in total. The van der Waals surface area contributed by atoms with Gasteiger partial charge in [0.15, 0.2) is 5.11 Å². The minimum Gasteiger partial charge on any atom is -0.315 e. The second-order valence-corrected chi connectivity index (χ2v) is 7.43. The van der Waals surface area contributed by atoms with E-state index in [9.17, 15) is 18.4 Å². The molecule has 2 heterocycles. The van der Waals surface area contributed by atoms with E-state index in [4.69, 9.17) is 12.2 Å². The predicted molar refractivity (Wildman–Crippen MR) is 118 cm³/mol. The highest BCUT2D eigenvalue weighted by Crippen LogP contribution is 2.27. The van der Waals surface area contributed by atoms with Crippen molar-refractivity contribution in [2.75, 3.05) is 4.90 Å². The zero-order chi connectivity index (χ0) is 22.3. The molecule has 0 bridgehead atoms. The van der Waals surface area contributed by atoms with Crippen LogP contribution in [0.4, 0.5) is 14.5 Å². The zero-order valence-electron chi connectivity index (χ0n) is 16.6. The normalized spacial score (nSPS) is 15.5. The fourth-order valence-electron chi connectivity index (χ4n) is 3.58. The number of hydrogen-bond acceptors (Lipinski definition) is 3. The summed E-state index contributed by atoms with van der Waals surface area (Å²) in [4.78, 5) is 26.8. The van der Waals surface area contributed by atoms with E-state index in [2.05, 4.69) is 5.32 Å². The Bertz CT molecular complexity index is 1260. The van der Waals surface area contributed by atoms with E-state index in [1.807, 2.05) is 6.92 Å². The minimum atomic E-state index is -0.635. The monoisotopic (exact) mass is 437 g/mol. The van der Waals surface area contributed by atoms with Gasteiger partial charge in [-0.2, -0.15) is 0 Å². The summed E-state index contributed by atoms with van der Waals surface area (Å²) < 4.78 is 29.3. The Hall–Kier alpha value is -3.65. The number of benzene rings is 2. The number of para-hydroxylation sites is 1. The lowest BCUT2D eigenvalue weighted by Crippen LogP contribution is -2.54. The molecular formula is C23H17F2N3O2S. The van der Waals surface area contributed by atoms with Crippen LogP contribution in [0.15, 0.2) is 60.2 Å². The molecule has 1 aromatic heterocycles. The van der Waals surface area contributed by atoms with Gasteiger partial charge in [0, 0.05) is 11.4 Å². The second kappa shape index (κ2) is 7.88. The average Bonchev–Trinajstić information content (AvgIpc) is 3.00. The second-order valence-electron chi connectivity index (χ2n) is 7.05. The highest BCUT2D eigenvalue weighted by molar-refractivity contribution is 7.80. The van der Waals surface area contributed by atoms with E-state index in [1.165, 1.54) is 36.4 Å². The molecule has 2 amide bonds. The van der Waals surface area contributed by atoms with Gasteiger partial charge < -0.3 is 4.57 Å². The number of aromatic nitrogens is 1. The summed E-state index contributed by atoms with van der Waals surface area (Å²) in [6.07, 6.45) is 1.45. The first kappa shape index (κ1) is 20.6. The molecule has 0 spiro atoms. The fraction of sp³-hybridized carbons (Fsp3) is 0.0870. The number of nitrogens with one attached hydrogen (secondary N) is 1. The highest BCUT2D eigenvalue weighted by atomic mass is 32.1. The Morgan fingerprint density at radius 2 is 1.68 bits per heavy atom. The van der Waals surface area contributed by atoms with Crippen LogP contribution in [0, 0.1) is 25.5 Å². The number of carbonyl (C=O) groups excluding carboxylic acids is 2. The average molecular weight is 437 g/mol. The number of nitrogens with zero attached hydrogens (tertiary/aromatic N) is 2. The number of anilines is 1. The van der Waals surface area contributed by atoms with Gasteiger partial charge in [0.25, 0.3) is 11.8 Å². The molecule has 156 valence electrons. The fourth-order valence-corrected chi connectivity index (χ4v) is 3.86. The lowest BCUT2D eigenvalue weighted by molar-refractivity contribution is -0.122. The van der Waals surface area contributed by atoms with E-state index in [-0.39, 0.29) is 16.5 Å². The number of aryl methyl sites for hydroxylation is 1. The molecule has 8 heteroatoms. The molecular weight excluding hydrogens is 420 g/mol. The van der Waals surface area contributed by atoms with Crippen LogP contribution >= 0.6 is 12.2 Å². The SMILES string of the molecule is Cc1cc(/C=C2/C(=O)NC(=S)N(c3ccc(F)cc3)C2=O)c(C)n1-c1ccccc1F. The summed E-state index contributed by atoms with van der Waals surface area (Å²) in [5.74, 6) is -2.11. The first-order valence-electron chi connectivity index (χ1n) is 9.39. The molecule has 0 radical (unpaired) electrons. The molecule has 0 aliphatic carbocycles. The van der Waals surface area contributed by atoms with Crippen LogP contribution in [0.3, 0.4) is 0 Å². The third-order valence-corrected chi connectivity index (χ3v) is 5.33. The van der Waals surface area contributed by atoms with Crippen molar-refractivity contribution < 1.29 is 18.4 Å². The van der Waals surface area contributed by atoms with E-state index < -0.39 is 17.6 Å². The van der Waals surface area contributed by atoms with Crippen LogP contribution < -0.4 is 10.2 Å². The zero-order valence-corrected chi connectivity index (χ0v) is 17.5. The van der Waals surface area contributed by atoms with Gasteiger partial charge in [-0.05, 0) is 80.2 Å². The number of rotatable bonds is 3. The number of thiocarbonyl (C=S) groups is 1. The Balaban J connectivity index is 1.77. The Morgan fingerprint density at radius 1 is 1.00 bits per heavy atom. The largest absolute Gasteiger partial charge is 0.315 e. The molecule has 4 rings (SSSR count). The molecule has 0 atom stereocenters. The van der Waals surface area contributed by atoms with Crippen molar-refractivity contribution in [3.05, 3.63) is 88.8 Å². The first-order chi connectivity index (χ1) is 14.8. The maximum atomic E-state index is 14.3. The van der Waals surface area contributed by atoms with Crippen molar-refractivity contribution in [3.8, 4) is 5.69 Å². The van der Waals surface area contributed by atoms with Gasteiger partial charge in [0.05, 0.1) is 11.4 Å². The number of hydrogen-bond donors (Lipinski definition) is 1.